The van der Waals surface area contributed by atoms with Gasteiger partial charge < -0.3 is 9.84 Å². The lowest BCUT2D eigenvalue weighted by atomic mass is 10.1. The first-order chi connectivity index (χ1) is 13.6. The molecule has 3 rings (SSSR count). The van der Waals surface area contributed by atoms with Crippen LogP contribution in [0.1, 0.15) is 28.0 Å². The van der Waals surface area contributed by atoms with Crippen LogP contribution < -0.4 is 4.74 Å². The Morgan fingerprint density at radius 2 is 1.90 bits per heavy atom. The number of nitrogens with zero attached hydrogens (tertiary/aromatic N) is 4. The van der Waals surface area contributed by atoms with E-state index in [4.69, 9.17) is 4.74 Å². The lowest BCUT2D eigenvalue weighted by molar-refractivity contribution is -0.164. The number of amides is 1. The van der Waals surface area contributed by atoms with E-state index in [1.165, 1.54) is 16.9 Å². The Morgan fingerprint density at radius 3 is 2.48 bits per heavy atom. The summed E-state index contributed by atoms with van der Waals surface area (Å²) in [5.41, 5.74) is -2.53. The van der Waals surface area contributed by atoms with Crippen LogP contribution in [0.2, 0.25) is 0 Å². The molecule has 0 spiro atoms. The van der Waals surface area contributed by atoms with Gasteiger partial charge in [0.25, 0.3) is 18.8 Å². The largest absolute Gasteiger partial charge is 0.471 e. The molecule has 0 radical (unpaired) electrons. The molecule has 1 amide bonds. The minimum absolute atomic E-state index is 0.0311. The highest BCUT2D eigenvalue weighted by Crippen LogP contribution is 2.34. The summed E-state index contributed by atoms with van der Waals surface area (Å²) in [6.45, 7) is 3.72. The number of alkyl halides is 4. The monoisotopic (exact) mass is 414 g/mol. The minimum atomic E-state index is -3.50. The molecule has 11 heteroatoms. The fourth-order valence-electron chi connectivity index (χ4n) is 2.92. The molecule has 2 heterocycles. The third-order valence-electron chi connectivity index (χ3n) is 4.25. The molecule has 2 aromatic rings. The molecule has 1 aromatic heterocycles. The quantitative estimate of drug-likeness (QED) is 0.738. The van der Waals surface area contributed by atoms with Gasteiger partial charge in [-0.1, -0.05) is 6.07 Å². The number of rotatable bonds is 6. The van der Waals surface area contributed by atoms with Crippen molar-refractivity contribution in [2.75, 3.05) is 0 Å². The Hall–Kier alpha value is -2.95. The Morgan fingerprint density at radius 1 is 1.24 bits per heavy atom. The number of carbonyl (C=O) groups excluding carboxylic acids is 1. The lowest BCUT2D eigenvalue weighted by Crippen LogP contribution is -2.51. The van der Waals surface area contributed by atoms with Crippen molar-refractivity contribution in [2.24, 2.45) is 5.10 Å². The molecular formula is C18H18F4N4O3. The second kappa shape index (κ2) is 7.82. The number of aliphatic hydroxyl groups is 1. The second-order valence-corrected chi connectivity index (χ2v) is 6.70. The summed E-state index contributed by atoms with van der Waals surface area (Å²) < 4.78 is 59.0. The number of halogens is 4. The lowest BCUT2D eigenvalue weighted by Gasteiger charge is -2.29. The summed E-state index contributed by atoms with van der Waals surface area (Å²) in [6.07, 6.45) is -6.47. The minimum Gasteiger partial charge on any atom is -0.471 e. The van der Waals surface area contributed by atoms with E-state index in [2.05, 4.69) is 10.2 Å². The third-order valence-corrected chi connectivity index (χ3v) is 4.25. The Kier molecular flexibility index (Phi) is 5.60. The maximum atomic E-state index is 13.3. The van der Waals surface area contributed by atoms with Gasteiger partial charge in [0.05, 0.1) is 0 Å². The summed E-state index contributed by atoms with van der Waals surface area (Å²) >= 11 is 0. The molecule has 7 nitrogen and oxygen atoms in total. The first-order valence-electron chi connectivity index (χ1n) is 8.55. The standard InChI is InChI=1S/C18H18F4N4O3/c1-10-5-11(2)7-12(6-10)29-9-25-4-3-13(23-25)16(27)26-18(28,17(21)22)8-14(24-26)15(19)20/h3-7,15,17,28H,8-9H2,1-2H3/t18-/m0/s1. The van der Waals surface area contributed by atoms with Gasteiger partial charge in [0.2, 0.25) is 5.72 Å². The fraction of sp³-hybridized carbons (Fsp3) is 0.389. The first-order valence-corrected chi connectivity index (χ1v) is 8.55. The van der Waals surface area contributed by atoms with Crippen LogP contribution in [0.4, 0.5) is 17.6 Å². The van der Waals surface area contributed by atoms with E-state index in [1.807, 2.05) is 19.9 Å². The maximum Gasteiger partial charge on any atom is 0.297 e. The van der Waals surface area contributed by atoms with E-state index in [-0.39, 0.29) is 17.4 Å². The van der Waals surface area contributed by atoms with E-state index in [0.717, 1.165) is 11.1 Å². The maximum absolute atomic E-state index is 13.3. The zero-order chi connectivity index (χ0) is 21.3. The molecule has 1 aliphatic heterocycles. The van der Waals surface area contributed by atoms with Crippen LogP contribution in [-0.4, -0.2) is 50.1 Å². The molecule has 0 fully saturated rings. The van der Waals surface area contributed by atoms with Crippen molar-refractivity contribution in [2.45, 2.75) is 45.6 Å². The average Bonchev–Trinajstić information content (AvgIpc) is 3.24. The van der Waals surface area contributed by atoms with Crippen LogP contribution in [0, 0.1) is 13.8 Å². The summed E-state index contributed by atoms with van der Waals surface area (Å²) in [5, 5.41) is 17.1. The van der Waals surface area contributed by atoms with Crippen molar-refractivity contribution >= 4 is 11.6 Å². The summed E-state index contributed by atoms with van der Waals surface area (Å²) in [4.78, 5) is 12.5. The van der Waals surface area contributed by atoms with Crippen LogP contribution in [0.15, 0.2) is 35.6 Å². The van der Waals surface area contributed by atoms with Crippen molar-refractivity contribution in [1.82, 2.24) is 14.8 Å². The zero-order valence-electron chi connectivity index (χ0n) is 15.5. The highest BCUT2D eigenvalue weighted by atomic mass is 19.3. The molecule has 1 N–H and O–H groups in total. The molecule has 0 aliphatic carbocycles. The number of hydrogen-bond acceptors (Lipinski definition) is 5. The van der Waals surface area contributed by atoms with Gasteiger partial charge in [-0.3, -0.25) is 4.79 Å². The molecule has 0 unspecified atom stereocenters. The predicted octanol–water partition coefficient (Wildman–Crippen LogP) is 2.96. The molecule has 1 aliphatic rings. The predicted molar refractivity (Wildman–Crippen MR) is 94.0 cm³/mol. The molecule has 0 saturated carbocycles. The number of benzene rings is 1. The van der Waals surface area contributed by atoms with Gasteiger partial charge in [-0.15, -0.1) is 0 Å². The SMILES string of the molecule is Cc1cc(C)cc(OCn2ccc(C(=O)N3N=C(C(F)F)C[C@]3(O)C(F)F)n2)c1. The van der Waals surface area contributed by atoms with Crippen LogP contribution >= 0.6 is 0 Å². The van der Waals surface area contributed by atoms with E-state index in [9.17, 15) is 27.5 Å². The van der Waals surface area contributed by atoms with Crippen LogP contribution in [0.25, 0.3) is 0 Å². The number of hydrazone groups is 1. The van der Waals surface area contributed by atoms with Gasteiger partial charge in [-0.25, -0.2) is 22.2 Å². The van der Waals surface area contributed by atoms with Crippen LogP contribution in [-0.2, 0) is 6.73 Å². The normalized spacial score (nSPS) is 19.2. The molecule has 29 heavy (non-hydrogen) atoms. The van der Waals surface area contributed by atoms with E-state index < -0.39 is 36.6 Å². The van der Waals surface area contributed by atoms with Crippen LogP contribution in [0.3, 0.4) is 0 Å². The van der Waals surface area contributed by atoms with Crippen molar-refractivity contribution < 1.29 is 32.2 Å². The fourth-order valence-corrected chi connectivity index (χ4v) is 2.92. The highest BCUT2D eigenvalue weighted by Gasteiger charge is 2.53. The third kappa shape index (κ3) is 4.24. The van der Waals surface area contributed by atoms with Crippen molar-refractivity contribution in [3.05, 3.63) is 47.3 Å². The molecule has 0 saturated heterocycles. The van der Waals surface area contributed by atoms with Gasteiger partial charge in [0.15, 0.2) is 12.4 Å². The summed E-state index contributed by atoms with van der Waals surface area (Å²) in [5.74, 6) is -0.655. The van der Waals surface area contributed by atoms with Gasteiger partial charge in [0, 0.05) is 12.6 Å². The smallest absolute Gasteiger partial charge is 0.297 e. The Balaban J connectivity index is 1.75. The highest BCUT2D eigenvalue weighted by molar-refractivity contribution is 5.97. The van der Waals surface area contributed by atoms with Crippen molar-refractivity contribution in [3.63, 3.8) is 0 Å². The molecule has 0 bridgehead atoms. The molecule has 1 atom stereocenters. The average molecular weight is 414 g/mol. The topological polar surface area (TPSA) is 80.0 Å². The number of ether oxygens (including phenoxy) is 1. The van der Waals surface area contributed by atoms with Crippen molar-refractivity contribution in [1.29, 1.82) is 0 Å². The van der Waals surface area contributed by atoms with E-state index in [0.29, 0.717) is 5.75 Å². The van der Waals surface area contributed by atoms with Gasteiger partial charge in [-0.2, -0.15) is 15.2 Å². The molecular weight excluding hydrogens is 396 g/mol. The zero-order valence-corrected chi connectivity index (χ0v) is 15.5. The first kappa shape index (κ1) is 20.8. The number of aryl methyl sites for hydroxylation is 2. The summed E-state index contributed by atoms with van der Waals surface area (Å²) in [7, 11) is 0. The Labute approximate surface area is 163 Å². The summed E-state index contributed by atoms with van der Waals surface area (Å²) in [6, 6.07) is 6.76. The number of carbonyl (C=O) groups is 1. The molecule has 156 valence electrons. The van der Waals surface area contributed by atoms with Crippen LogP contribution in [0.5, 0.6) is 5.75 Å². The van der Waals surface area contributed by atoms with E-state index in [1.54, 1.807) is 12.1 Å². The van der Waals surface area contributed by atoms with E-state index >= 15 is 0 Å². The molecule has 1 aromatic carbocycles. The van der Waals surface area contributed by atoms with Gasteiger partial charge in [0.1, 0.15) is 11.5 Å². The Bertz CT molecular complexity index is 927. The second-order valence-electron chi connectivity index (χ2n) is 6.70. The van der Waals surface area contributed by atoms with Gasteiger partial charge in [-0.05, 0) is 43.2 Å². The number of aromatic nitrogens is 2. The van der Waals surface area contributed by atoms with Gasteiger partial charge >= 0.3 is 0 Å². The van der Waals surface area contributed by atoms with Crippen molar-refractivity contribution in [3.8, 4) is 5.75 Å². The number of hydrogen-bond donors (Lipinski definition) is 1.